The quantitative estimate of drug-likeness (QED) is 0.619. The van der Waals surface area contributed by atoms with Crippen molar-refractivity contribution in [3.63, 3.8) is 0 Å². The van der Waals surface area contributed by atoms with Gasteiger partial charge in [-0.2, -0.15) is 0 Å². The first-order valence-electron chi connectivity index (χ1n) is 10.1. The maximum absolute atomic E-state index is 12.4. The fraction of sp³-hybridized carbons (Fsp3) is 0.650. The molecular weight excluding hydrogens is 340 g/mol. The van der Waals surface area contributed by atoms with Gasteiger partial charge in [0.05, 0.1) is 18.8 Å². The van der Waals surface area contributed by atoms with Crippen LogP contribution in [0.3, 0.4) is 0 Å². The Morgan fingerprint density at radius 1 is 1.15 bits per heavy atom. The molecule has 2 fully saturated rings. The van der Waals surface area contributed by atoms with Gasteiger partial charge in [0.1, 0.15) is 0 Å². The Kier molecular flexibility index (Phi) is 7.04. The molecule has 1 amide bonds. The van der Waals surface area contributed by atoms with Crippen molar-refractivity contribution in [2.45, 2.75) is 33.2 Å². The molecule has 0 aromatic carbocycles. The number of guanidine groups is 1. The zero-order valence-electron chi connectivity index (χ0n) is 16.7. The van der Waals surface area contributed by atoms with Gasteiger partial charge in [-0.05, 0) is 38.3 Å². The van der Waals surface area contributed by atoms with E-state index in [2.05, 4.69) is 40.0 Å². The van der Waals surface area contributed by atoms with E-state index in [1.54, 1.807) is 0 Å². The van der Waals surface area contributed by atoms with Gasteiger partial charge in [-0.3, -0.25) is 14.7 Å². The predicted molar refractivity (Wildman–Crippen MR) is 108 cm³/mol. The first kappa shape index (κ1) is 19.6. The molecule has 0 bridgehead atoms. The van der Waals surface area contributed by atoms with Gasteiger partial charge >= 0.3 is 0 Å². The number of aromatic nitrogens is 1. The lowest BCUT2D eigenvalue weighted by Gasteiger charge is -2.36. The van der Waals surface area contributed by atoms with Crippen LogP contribution in [0.5, 0.6) is 0 Å². The number of hydrogen-bond acceptors (Lipinski definition) is 4. The predicted octanol–water partition coefficient (Wildman–Crippen LogP) is 1.10. The summed E-state index contributed by atoms with van der Waals surface area (Å²) >= 11 is 0. The van der Waals surface area contributed by atoms with Gasteiger partial charge in [-0.15, -0.1) is 0 Å². The summed E-state index contributed by atoms with van der Waals surface area (Å²) in [6.07, 6.45) is 4.12. The molecule has 0 atom stereocenters. The summed E-state index contributed by atoms with van der Waals surface area (Å²) in [5.74, 6) is 1.22. The summed E-state index contributed by atoms with van der Waals surface area (Å²) in [4.78, 5) is 28.1. The second kappa shape index (κ2) is 9.69. The minimum atomic E-state index is 0.284. The zero-order chi connectivity index (χ0) is 19.1. The number of aliphatic imine (C=N–C) groups is 1. The summed E-state index contributed by atoms with van der Waals surface area (Å²) < 4.78 is 0. The molecule has 7 nitrogen and oxygen atoms in total. The number of piperazine rings is 1. The molecule has 2 aliphatic rings. The highest BCUT2D eigenvalue weighted by Crippen LogP contribution is 2.10. The molecule has 148 valence electrons. The highest BCUT2D eigenvalue weighted by Gasteiger charge is 2.24. The van der Waals surface area contributed by atoms with E-state index < -0.39 is 0 Å². The molecule has 2 aliphatic heterocycles. The van der Waals surface area contributed by atoms with Crippen molar-refractivity contribution in [1.29, 1.82) is 0 Å². The number of pyridine rings is 1. The SMILES string of the molecule is CCNC(=NCc1ncccc1C)N1CCN(CC(=O)N2CCCC2)CC1. The number of rotatable bonds is 5. The molecule has 0 unspecified atom stereocenters. The van der Waals surface area contributed by atoms with Crippen LogP contribution < -0.4 is 5.32 Å². The van der Waals surface area contributed by atoms with Crippen molar-refractivity contribution in [2.24, 2.45) is 4.99 Å². The van der Waals surface area contributed by atoms with Crippen molar-refractivity contribution in [2.75, 3.05) is 52.4 Å². The number of nitrogens with one attached hydrogen (secondary N) is 1. The number of amides is 1. The largest absolute Gasteiger partial charge is 0.357 e. The summed E-state index contributed by atoms with van der Waals surface area (Å²) in [6.45, 7) is 11.6. The van der Waals surface area contributed by atoms with Crippen LogP contribution in [0, 0.1) is 6.92 Å². The lowest BCUT2D eigenvalue weighted by atomic mass is 10.2. The fourth-order valence-electron chi connectivity index (χ4n) is 3.64. The van der Waals surface area contributed by atoms with E-state index in [0.29, 0.717) is 13.1 Å². The van der Waals surface area contributed by atoms with E-state index in [4.69, 9.17) is 4.99 Å². The number of carbonyl (C=O) groups excluding carboxylic acids is 1. The molecule has 0 saturated carbocycles. The lowest BCUT2D eigenvalue weighted by molar-refractivity contribution is -0.131. The average molecular weight is 373 g/mol. The fourth-order valence-corrected chi connectivity index (χ4v) is 3.64. The van der Waals surface area contributed by atoms with Crippen LogP contribution in [0.4, 0.5) is 0 Å². The Hall–Kier alpha value is -2.15. The highest BCUT2D eigenvalue weighted by molar-refractivity contribution is 5.80. The van der Waals surface area contributed by atoms with Crippen LogP contribution in [0.25, 0.3) is 0 Å². The Labute approximate surface area is 162 Å². The van der Waals surface area contributed by atoms with E-state index in [9.17, 15) is 4.79 Å². The molecule has 1 aromatic heterocycles. The Balaban J connectivity index is 1.52. The summed E-state index contributed by atoms with van der Waals surface area (Å²) in [6, 6.07) is 4.03. The minimum absolute atomic E-state index is 0.284. The van der Waals surface area contributed by atoms with Gasteiger partial charge in [0.25, 0.3) is 0 Å². The Morgan fingerprint density at radius 3 is 2.56 bits per heavy atom. The molecule has 7 heteroatoms. The summed E-state index contributed by atoms with van der Waals surface area (Å²) in [5, 5.41) is 3.40. The van der Waals surface area contributed by atoms with E-state index in [1.807, 2.05) is 17.2 Å². The second-order valence-electron chi connectivity index (χ2n) is 7.29. The van der Waals surface area contributed by atoms with Crippen LogP contribution in [0.2, 0.25) is 0 Å². The monoisotopic (exact) mass is 372 g/mol. The van der Waals surface area contributed by atoms with Crippen LogP contribution in [0.1, 0.15) is 31.0 Å². The molecular formula is C20H32N6O. The molecule has 2 saturated heterocycles. The molecule has 1 N–H and O–H groups in total. The lowest BCUT2D eigenvalue weighted by Crippen LogP contribution is -2.54. The zero-order valence-corrected chi connectivity index (χ0v) is 16.7. The van der Waals surface area contributed by atoms with Crippen molar-refractivity contribution >= 4 is 11.9 Å². The van der Waals surface area contributed by atoms with Crippen LogP contribution in [-0.4, -0.2) is 83.9 Å². The van der Waals surface area contributed by atoms with E-state index >= 15 is 0 Å². The van der Waals surface area contributed by atoms with E-state index in [1.165, 1.54) is 5.56 Å². The van der Waals surface area contributed by atoms with Crippen molar-refractivity contribution < 1.29 is 4.79 Å². The van der Waals surface area contributed by atoms with Crippen LogP contribution >= 0.6 is 0 Å². The summed E-state index contributed by atoms with van der Waals surface area (Å²) in [5.41, 5.74) is 2.19. The van der Waals surface area contributed by atoms with Gasteiger partial charge in [-0.25, -0.2) is 4.99 Å². The maximum atomic E-state index is 12.4. The van der Waals surface area contributed by atoms with Crippen LogP contribution in [0.15, 0.2) is 23.3 Å². The highest BCUT2D eigenvalue weighted by atomic mass is 16.2. The number of nitrogens with zero attached hydrogens (tertiary/aromatic N) is 5. The molecule has 1 aromatic rings. The number of carbonyl (C=O) groups is 1. The van der Waals surface area contributed by atoms with Crippen molar-refractivity contribution in [3.8, 4) is 0 Å². The molecule has 3 rings (SSSR count). The van der Waals surface area contributed by atoms with Crippen molar-refractivity contribution in [3.05, 3.63) is 29.6 Å². The molecule has 27 heavy (non-hydrogen) atoms. The van der Waals surface area contributed by atoms with E-state index in [-0.39, 0.29) is 5.91 Å². The standard InChI is InChI=1S/C20H32N6O/c1-3-21-20(23-15-18-17(2)7-6-8-22-18)26-13-11-24(12-14-26)16-19(27)25-9-4-5-10-25/h6-8H,3-5,9-16H2,1-2H3,(H,21,23). The molecule has 0 radical (unpaired) electrons. The number of likely N-dealkylation sites (tertiary alicyclic amines) is 1. The smallest absolute Gasteiger partial charge is 0.236 e. The van der Waals surface area contributed by atoms with Gasteiger partial charge in [-0.1, -0.05) is 6.07 Å². The number of aryl methyl sites for hydroxylation is 1. The third kappa shape index (κ3) is 5.42. The average Bonchev–Trinajstić information content (AvgIpc) is 3.22. The third-order valence-corrected chi connectivity index (χ3v) is 5.32. The van der Waals surface area contributed by atoms with Gasteiger partial charge in [0.15, 0.2) is 5.96 Å². The Bertz CT molecular complexity index is 648. The molecule has 3 heterocycles. The van der Waals surface area contributed by atoms with Gasteiger partial charge in [0.2, 0.25) is 5.91 Å². The summed E-state index contributed by atoms with van der Waals surface area (Å²) in [7, 11) is 0. The minimum Gasteiger partial charge on any atom is -0.357 e. The topological polar surface area (TPSA) is 64.1 Å². The molecule has 0 spiro atoms. The van der Waals surface area contributed by atoms with Crippen LogP contribution in [-0.2, 0) is 11.3 Å². The first-order valence-corrected chi connectivity index (χ1v) is 10.1. The van der Waals surface area contributed by atoms with Gasteiger partial charge < -0.3 is 15.1 Å². The molecule has 0 aliphatic carbocycles. The Morgan fingerprint density at radius 2 is 1.89 bits per heavy atom. The second-order valence-corrected chi connectivity index (χ2v) is 7.29. The van der Waals surface area contributed by atoms with Crippen molar-refractivity contribution in [1.82, 2.24) is 25.0 Å². The third-order valence-electron chi connectivity index (χ3n) is 5.32. The number of hydrogen-bond donors (Lipinski definition) is 1. The first-order chi connectivity index (χ1) is 13.2. The maximum Gasteiger partial charge on any atom is 0.236 e. The van der Waals surface area contributed by atoms with E-state index in [0.717, 1.165) is 70.3 Å². The van der Waals surface area contributed by atoms with Gasteiger partial charge in [0, 0.05) is 52.0 Å². The normalized spacial score (nSPS) is 18.8.